The first-order chi connectivity index (χ1) is 9.15. The van der Waals surface area contributed by atoms with Gasteiger partial charge in [-0.2, -0.15) is 5.10 Å². The number of hydrogen-bond acceptors (Lipinski definition) is 2. The van der Waals surface area contributed by atoms with E-state index in [2.05, 4.69) is 29.4 Å². The van der Waals surface area contributed by atoms with Crippen molar-refractivity contribution in [2.24, 2.45) is 0 Å². The van der Waals surface area contributed by atoms with E-state index in [1.54, 1.807) is 0 Å². The molecule has 0 spiro atoms. The Morgan fingerprint density at radius 2 is 2.32 bits per heavy atom. The molecule has 1 aliphatic rings. The lowest BCUT2D eigenvalue weighted by molar-refractivity contribution is 0.101. The molecule has 1 saturated carbocycles. The molecule has 2 aromatic heterocycles. The average Bonchev–Trinajstić information content (AvgIpc) is 2.92. The highest BCUT2D eigenvalue weighted by molar-refractivity contribution is 6.02. The summed E-state index contributed by atoms with van der Waals surface area (Å²) in [5.41, 5.74) is 1.73. The number of carbonyl (C=O) groups is 1. The summed E-state index contributed by atoms with van der Waals surface area (Å²) >= 11 is 0. The second kappa shape index (κ2) is 4.57. The van der Waals surface area contributed by atoms with Gasteiger partial charge in [0, 0.05) is 24.0 Å². The number of aromatic amines is 1. The summed E-state index contributed by atoms with van der Waals surface area (Å²) in [6.45, 7) is 4.16. The maximum absolute atomic E-state index is 12.2. The number of H-pyrrole nitrogens is 1. The second-order valence-electron chi connectivity index (χ2n) is 5.35. The molecule has 0 atom stereocenters. The standard InChI is InChI=1S/C14H18N4O/c1-9(2)11-8-13(17-16-11)15-14(19)12-4-3-7-18(12)10-5-6-10/h3-4,7-10H,5-6H2,1-2H3,(H2,15,16,17,19). The minimum absolute atomic E-state index is 0.0984. The Hall–Kier alpha value is -2.04. The molecule has 0 aliphatic heterocycles. The Morgan fingerprint density at radius 3 is 2.95 bits per heavy atom. The molecule has 5 heteroatoms. The lowest BCUT2D eigenvalue weighted by Gasteiger charge is -2.06. The van der Waals surface area contributed by atoms with Gasteiger partial charge in [-0.15, -0.1) is 0 Å². The maximum Gasteiger partial charge on any atom is 0.273 e. The van der Waals surface area contributed by atoms with Crippen molar-refractivity contribution in [2.75, 3.05) is 5.32 Å². The Morgan fingerprint density at radius 1 is 1.53 bits per heavy atom. The van der Waals surface area contributed by atoms with Crippen LogP contribution in [0.3, 0.4) is 0 Å². The predicted molar refractivity (Wildman–Crippen MR) is 73.3 cm³/mol. The van der Waals surface area contributed by atoms with E-state index in [4.69, 9.17) is 0 Å². The lowest BCUT2D eigenvalue weighted by Crippen LogP contribution is -2.16. The molecule has 1 fully saturated rings. The molecule has 0 aromatic carbocycles. The van der Waals surface area contributed by atoms with Gasteiger partial charge in [-0.1, -0.05) is 13.8 Å². The molecule has 19 heavy (non-hydrogen) atoms. The van der Waals surface area contributed by atoms with E-state index >= 15 is 0 Å². The number of hydrogen-bond donors (Lipinski definition) is 2. The maximum atomic E-state index is 12.2. The highest BCUT2D eigenvalue weighted by Crippen LogP contribution is 2.36. The summed E-state index contributed by atoms with van der Waals surface area (Å²) < 4.78 is 2.05. The fourth-order valence-corrected chi connectivity index (χ4v) is 2.13. The summed E-state index contributed by atoms with van der Waals surface area (Å²) in [5.74, 6) is 0.851. The van der Waals surface area contributed by atoms with E-state index in [-0.39, 0.29) is 5.91 Å². The highest BCUT2D eigenvalue weighted by Gasteiger charge is 2.26. The van der Waals surface area contributed by atoms with Crippen LogP contribution >= 0.6 is 0 Å². The Balaban J connectivity index is 1.74. The molecule has 0 saturated heterocycles. The lowest BCUT2D eigenvalue weighted by atomic mass is 10.1. The Labute approximate surface area is 112 Å². The number of nitrogens with one attached hydrogen (secondary N) is 2. The van der Waals surface area contributed by atoms with Crippen molar-refractivity contribution in [3.05, 3.63) is 35.8 Å². The minimum atomic E-state index is -0.0984. The molecule has 100 valence electrons. The third kappa shape index (κ3) is 2.41. The van der Waals surface area contributed by atoms with E-state index in [1.165, 1.54) is 0 Å². The molecule has 0 bridgehead atoms. The SMILES string of the molecule is CC(C)c1cc(NC(=O)c2cccn2C2CC2)n[nH]1. The zero-order valence-corrected chi connectivity index (χ0v) is 11.2. The third-order valence-electron chi connectivity index (χ3n) is 3.41. The molecule has 0 unspecified atom stereocenters. The predicted octanol–water partition coefficient (Wildman–Crippen LogP) is 2.92. The first-order valence-electron chi connectivity index (χ1n) is 6.68. The van der Waals surface area contributed by atoms with Crippen molar-refractivity contribution < 1.29 is 4.79 Å². The summed E-state index contributed by atoms with van der Waals surface area (Å²) in [7, 11) is 0. The van der Waals surface area contributed by atoms with Gasteiger partial charge in [-0.05, 0) is 30.9 Å². The average molecular weight is 258 g/mol. The molecule has 1 aliphatic carbocycles. The minimum Gasteiger partial charge on any atom is -0.340 e. The molecule has 2 heterocycles. The van der Waals surface area contributed by atoms with Gasteiger partial charge in [0.15, 0.2) is 5.82 Å². The molecule has 5 nitrogen and oxygen atoms in total. The number of nitrogens with zero attached hydrogens (tertiary/aromatic N) is 2. The summed E-state index contributed by atoms with van der Waals surface area (Å²) in [6.07, 6.45) is 4.29. The normalized spacial score (nSPS) is 14.9. The van der Waals surface area contributed by atoms with E-state index in [0.717, 1.165) is 18.5 Å². The Bertz CT molecular complexity index is 592. The van der Waals surface area contributed by atoms with Gasteiger partial charge in [-0.3, -0.25) is 9.89 Å². The number of carbonyl (C=O) groups excluding carboxylic acids is 1. The van der Waals surface area contributed by atoms with Crippen LogP contribution in [0.5, 0.6) is 0 Å². The Kier molecular flexibility index (Phi) is 2.89. The first kappa shape index (κ1) is 12.0. The zero-order chi connectivity index (χ0) is 13.4. The summed E-state index contributed by atoms with van der Waals surface area (Å²) in [6, 6.07) is 6.15. The molecular weight excluding hydrogens is 240 g/mol. The summed E-state index contributed by atoms with van der Waals surface area (Å²) in [4.78, 5) is 12.2. The van der Waals surface area contributed by atoms with Crippen molar-refractivity contribution in [1.29, 1.82) is 0 Å². The van der Waals surface area contributed by atoms with Crippen LogP contribution in [0.25, 0.3) is 0 Å². The molecular formula is C14H18N4O. The monoisotopic (exact) mass is 258 g/mol. The van der Waals surface area contributed by atoms with Gasteiger partial charge in [0.25, 0.3) is 5.91 Å². The van der Waals surface area contributed by atoms with E-state index in [9.17, 15) is 4.79 Å². The molecule has 0 radical (unpaired) electrons. The molecule has 1 amide bonds. The van der Waals surface area contributed by atoms with E-state index in [0.29, 0.717) is 23.5 Å². The molecule has 2 N–H and O–H groups in total. The van der Waals surface area contributed by atoms with Gasteiger partial charge in [0.05, 0.1) is 0 Å². The van der Waals surface area contributed by atoms with Crippen LogP contribution < -0.4 is 5.32 Å². The van der Waals surface area contributed by atoms with Crippen LogP contribution in [0.4, 0.5) is 5.82 Å². The van der Waals surface area contributed by atoms with Gasteiger partial charge < -0.3 is 9.88 Å². The summed E-state index contributed by atoms with van der Waals surface area (Å²) in [5, 5.41) is 9.89. The smallest absolute Gasteiger partial charge is 0.273 e. The van der Waals surface area contributed by atoms with Crippen LogP contribution in [0, 0.1) is 0 Å². The third-order valence-corrected chi connectivity index (χ3v) is 3.41. The van der Waals surface area contributed by atoms with E-state index < -0.39 is 0 Å². The van der Waals surface area contributed by atoms with Crippen molar-refractivity contribution >= 4 is 11.7 Å². The largest absolute Gasteiger partial charge is 0.340 e. The number of rotatable bonds is 4. The van der Waals surface area contributed by atoms with Crippen molar-refractivity contribution in [2.45, 2.75) is 38.6 Å². The number of aromatic nitrogens is 3. The van der Waals surface area contributed by atoms with Crippen molar-refractivity contribution in [1.82, 2.24) is 14.8 Å². The fourth-order valence-electron chi connectivity index (χ4n) is 2.13. The number of amides is 1. The van der Waals surface area contributed by atoms with Crippen LogP contribution in [0.2, 0.25) is 0 Å². The van der Waals surface area contributed by atoms with Crippen LogP contribution in [0.1, 0.15) is 54.8 Å². The quantitative estimate of drug-likeness (QED) is 0.885. The fraction of sp³-hybridized carbons (Fsp3) is 0.429. The molecule has 3 rings (SSSR count). The highest BCUT2D eigenvalue weighted by atomic mass is 16.2. The van der Waals surface area contributed by atoms with Gasteiger partial charge in [0.1, 0.15) is 5.69 Å². The number of anilines is 1. The van der Waals surface area contributed by atoms with Crippen molar-refractivity contribution in [3.63, 3.8) is 0 Å². The van der Waals surface area contributed by atoms with Crippen LogP contribution in [-0.2, 0) is 0 Å². The van der Waals surface area contributed by atoms with Crippen LogP contribution in [0.15, 0.2) is 24.4 Å². The zero-order valence-electron chi connectivity index (χ0n) is 11.2. The molecule has 2 aromatic rings. The van der Waals surface area contributed by atoms with E-state index in [1.807, 2.05) is 29.0 Å². The van der Waals surface area contributed by atoms with Crippen molar-refractivity contribution in [3.8, 4) is 0 Å². The second-order valence-corrected chi connectivity index (χ2v) is 5.35. The van der Waals surface area contributed by atoms with Gasteiger partial charge >= 0.3 is 0 Å². The van der Waals surface area contributed by atoms with Crippen LogP contribution in [-0.4, -0.2) is 20.7 Å². The van der Waals surface area contributed by atoms with Gasteiger partial charge in [-0.25, -0.2) is 0 Å². The topological polar surface area (TPSA) is 62.7 Å². The first-order valence-corrected chi connectivity index (χ1v) is 6.68. The van der Waals surface area contributed by atoms with Gasteiger partial charge in [0.2, 0.25) is 0 Å².